The van der Waals surface area contributed by atoms with Gasteiger partial charge in [0, 0.05) is 22.8 Å². The molecule has 2 nitrogen and oxygen atoms in total. The summed E-state index contributed by atoms with van der Waals surface area (Å²) in [5.41, 5.74) is 0. The Morgan fingerprint density at radius 3 is 2.85 bits per heavy atom. The van der Waals surface area contributed by atoms with Crippen molar-refractivity contribution in [2.75, 3.05) is 18.8 Å². The van der Waals surface area contributed by atoms with Crippen LogP contribution in [-0.2, 0) is 0 Å². The van der Waals surface area contributed by atoms with Crippen LogP contribution in [0.1, 0.15) is 13.8 Å². The molecule has 2 aliphatic heterocycles. The van der Waals surface area contributed by atoms with Crippen LogP contribution in [0.15, 0.2) is 4.99 Å². The van der Waals surface area contributed by atoms with Crippen molar-refractivity contribution in [2.24, 2.45) is 4.99 Å². The van der Waals surface area contributed by atoms with E-state index in [2.05, 4.69) is 47.7 Å². The molecule has 1 saturated heterocycles. The molecule has 0 saturated carbocycles. The normalized spacial score (nSPS) is 39.8. The third-order valence-corrected chi connectivity index (χ3v) is 5.95. The molecule has 13 heavy (non-hydrogen) atoms. The van der Waals surface area contributed by atoms with Crippen molar-refractivity contribution in [3.8, 4) is 0 Å². The Morgan fingerprint density at radius 1 is 1.38 bits per heavy atom. The van der Waals surface area contributed by atoms with E-state index in [1.165, 1.54) is 11.6 Å². The van der Waals surface area contributed by atoms with E-state index in [1.54, 1.807) is 0 Å². The fourth-order valence-corrected chi connectivity index (χ4v) is 4.47. The third kappa shape index (κ3) is 2.15. The molecule has 0 amide bonds. The number of amidine groups is 1. The fourth-order valence-electron chi connectivity index (χ4n) is 1.56. The molecule has 74 valence electrons. The molecule has 0 spiro atoms. The first kappa shape index (κ1) is 9.71. The van der Waals surface area contributed by atoms with E-state index < -0.39 is 0 Å². The minimum Gasteiger partial charge on any atom is -0.371 e. The minimum atomic E-state index is 0.624. The van der Waals surface area contributed by atoms with E-state index in [1.807, 2.05) is 0 Å². The molecule has 2 aliphatic rings. The standard InChI is InChI=1S/C9H16N2S2/c1-6-7(2)13-8(5-12-6)9-10-3-4-11-9/h6-8H,3-5H2,1-2H3,(H,10,11). The van der Waals surface area contributed by atoms with Crippen molar-refractivity contribution in [3.05, 3.63) is 0 Å². The summed E-state index contributed by atoms with van der Waals surface area (Å²) < 4.78 is 0. The first-order valence-corrected chi connectivity index (χ1v) is 6.82. The van der Waals surface area contributed by atoms with Gasteiger partial charge in [-0.1, -0.05) is 13.8 Å². The molecule has 4 heteroatoms. The molecular formula is C9H16N2S2. The van der Waals surface area contributed by atoms with Gasteiger partial charge in [-0.15, -0.1) is 11.8 Å². The van der Waals surface area contributed by atoms with Crippen molar-refractivity contribution in [3.63, 3.8) is 0 Å². The van der Waals surface area contributed by atoms with E-state index in [-0.39, 0.29) is 0 Å². The molecule has 1 fully saturated rings. The Labute approximate surface area is 88.3 Å². The van der Waals surface area contributed by atoms with E-state index in [9.17, 15) is 0 Å². The smallest absolute Gasteiger partial charge is 0.110 e. The molecule has 2 heterocycles. The van der Waals surface area contributed by atoms with Gasteiger partial charge in [0.05, 0.1) is 11.8 Å². The molecule has 0 aliphatic carbocycles. The Bertz CT molecular complexity index is 218. The zero-order valence-electron chi connectivity index (χ0n) is 8.12. The summed E-state index contributed by atoms with van der Waals surface area (Å²) >= 11 is 4.16. The minimum absolute atomic E-state index is 0.624. The highest BCUT2D eigenvalue weighted by atomic mass is 32.2. The van der Waals surface area contributed by atoms with Crippen LogP contribution in [0.4, 0.5) is 0 Å². The largest absolute Gasteiger partial charge is 0.371 e. The van der Waals surface area contributed by atoms with Crippen LogP contribution >= 0.6 is 23.5 Å². The second kappa shape index (κ2) is 4.13. The zero-order valence-corrected chi connectivity index (χ0v) is 9.75. The van der Waals surface area contributed by atoms with Gasteiger partial charge in [0.2, 0.25) is 0 Å². The molecule has 2 rings (SSSR count). The summed E-state index contributed by atoms with van der Waals surface area (Å²) in [7, 11) is 0. The topological polar surface area (TPSA) is 24.4 Å². The van der Waals surface area contributed by atoms with Gasteiger partial charge in [-0.2, -0.15) is 11.8 Å². The molecule has 0 aromatic heterocycles. The monoisotopic (exact) mass is 216 g/mol. The van der Waals surface area contributed by atoms with Crippen LogP contribution in [0.2, 0.25) is 0 Å². The van der Waals surface area contributed by atoms with Crippen LogP contribution in [-0.4, -0.2) is 40.4 Å². The second-order valence-electron chi connectivity index (χ2n) is 3.56. The van der Waals surface area contributed by atoms with Crippen molar-refractivity contribution in [2.45, 2.75) is 29.6 Å². The Balaban J connectivity index is 1.94. The number of hydrogen-bond donors (Lipinski definition) is 1. The second-order valence-corrected chi connectivity index (χ2v) is 6.56. The predicted molar refractivity (Wildman–Crippen MR) is 63.1 cm³/mol. The van der Waals surface area contributed by atoms with E-state index in [4.69, 9.17) is 0 Å². The molecule has 0 radical (unpaired) electrons. The van der Waals surface area contributed by atoms with Crippen molar-refractivity contribution in [1.82, 2.24) is 5.32 Å². The highest BCUT2D eigenvalue weighted by Gasteiger charge is 2.29. The molecule has 3 atom stereocenters. The van der Waals surface area contributed by atoms with Crippen LogP contribution in [0.25, 0.3) is 0 Å². The van der Waals surface area contributed by atoms with E-state index in [0.29, 0.717) is 5.25 Å². The first-order valence-electron chi connectivity index (χ1n) is 4.82. The molecule has 0 aromatic carbocycles. The van der Waals surface area contributed by atoms with Crippen molar-refractivity contribution in [1.29, 1.82) is 0 Å². The molecule has 0 bridgehead atoms. The Hall–Kier alpha value is 0.170. The van der Waals surface area contributed by atoms with Gasteiger partial charge in [0.1, 0.15) is 5.84 Å². The maximum Gasteiger partial charge on any atom is 0.110 e. The number of hydrogen-bond acceptors (Lipinski definition) is 4. The summed E-state index contributed by atoms with van der Waals surface area (Å²) in [6, 6.07) is 0. The average molecular weight is 216 g/mol. The number of nitrogens with one attached hydrogen (secondary N) is 1. The fraction of sp³-hybridized carbons (Fsp3) is 0.889. The Morgan fingerprint density at radius 2 is 2.23 bits per heavy atom. The van der Waals surface area contributed by atoms with Crippen LogP contribution < -0.4 is 5.32 Å². The van der Waals surface area contributed by atoms with Crippen molar-refractivity contribution >= 4 is 29.4 Å². The number of aliphatic imine (C=N–C) groups is 1. The van der Waals surface area contributed by atoms with Gasteiger partial charge in [-0.25, -0.2) is 0 Å². The molecule has 3 unspecified atom stereocenters. The van der Waals surface area contributed by atoms with E-state index >= 15 is 0 Å². The number of thioether (sulfide) groups is 2. The highest BCUT2D eigenvalue weighted by molar-refractivity contribution is 8.08. The lowest BCUT2D eigenvalue weighted by molar-refractivity contribution is 0.904. The lowest BCUT2D eigenvalue weighted by Crippen LogP contribution is -2.37. The van der Waals surface area contributed by atoms with Gasteiger partial charge >= 0.3 is 0 Å². The zero-order chi connectivity index (χ0) is 9.26. The summed E-state index contributed by atoms with van der Waals surface area (Å²) in [6.07, 6.45) is 0. The molecule has 0 aromatic rings. The summed E-state index contributed by atoms with van der Waals surface area (Å²) in [5.74, 6) is 2.47. The van der Waals surface area contributed by atoms with Gasteiger partial charge in [0.25, 0.3) is 0 Å². The molecule has 1 N–H and O–H groups in total. The highest BCUT2D eigenvalue weighted by Crippen LogP contribution is 2.36. The van der Waals surface area contributed by atoms with Crippen molar-refractivity contribution < 1.29 is 0 Å². The Kier molecular flexibility index (Phi) is 3.09. The SMILES string of the molecule is CC1SCC(C2=NCCN2)SC1C. The van der Waals surface area contributed by atoms with Crippen LogP contribution in [0.5, 0.6) is 0 Å². The quantitative estimate of drug-likeness (QED) is 0.721. The number of rotatable bonds is 1. The first-order chi connectivity index (χ1) is 6.27. The lowest BCUT2D eigenvalue weighted by atomic mass is 10.3. The maximum atomic E-state index is 4.49. The summed E-state index contributed by atoms with van der Waals surface area (Å²) in [4.78, 5) is 4.49. The molecular weight excluding hydrogens is 200 g/mol. The van der Waals surface area contributed by atoms with E-state index in [0.717, 1.165) is 23.6 Å². The van der Waals surface area contributed by atoms with Gasteiger partial charge < -0.3 is 5.32 Å². The summed E-state index contributed by atoms with van der Waals surface area (Å²) in [6.45, 7) is 6.66. The number of nitrogens with zero attached hydrogens (tertiary/aromatic N) is 1. The summed E-state index contributed by atoms with van der Waals surface area (Å²) in [5, 5.41) is 5.55. The van der Waals surface area contributed by atoms with Gasteiger partial charge in [-0.05, 0) is 0 Å². The van der Waals surface area contributed by atoms with Crippen LogP contribution in [0.3, 0.4) is 0 Å². The maximum absolute atomic E-state index is 4.49. The average Bonchev–Trinajstić information content (AvgIpc) is 2.62. The van der Waals surface area contributed by atoms with Gasteiger partial charge in [0.15, 0.2) is 0 Å². The van der Waals surface area contributed by atoms with Crippen LogP contribution in [0, 0.1) is 0 Å². The third-order valence-electron chi connectivity index (χ3n) is 2.56. The lowest BCUT2D eigenvalue weighted by Gasteiger charge is -2.31. The predicted octanol–water partition coefficient (Wildman–Crippen LogP) is 1.61. The van der Waals surface area contributed by atoms with Gasteiger partial charge in [-0.3, -0.25) is 4.99 Å².